The number of carbonyl (C=O) groups is 1. The van der Waals surface area contributed by atoms with Crippen LogP contribution >= 0.6 is 0 Å². The first kappa shape index (κ1) is 18.2. The average Bonchev–Trinajstić information content (AvgIpc) is 2.54. The highest BCUT2D eigenvalue weighted by molar-refractivity contribution is 7.89. The zero-order chi connectivity index (χ0) is 17.9. The highest BCUT2D eigenvalue weighted by atomic mass is 32.2. The number of carboxylic acids is 1. The molecule has 2 aromatic rings. The first-order valence-electron chi connectivity index (χ1n) is 7.55. The summed E-state index contributed by atoms with van der Waals surface area (Å²) in [6.07, 6.45) is 0.115. The van der Waals surface area contributed by atoms with Crippen LogP contribution in [0.4, 0.5) is 0 Å². The van der Waals surface area contributed by atoms with Crippen molar-refractivity contribution in [2.75, 3.05) is 7.05 Å². The van der Waals surface area contributed by atoms with Crippen LogP contribution in [-0.2, 0) is 21.2 Å². The molecule has 0 aliphatic heterocycles. The van der Waals surface area contributed by atoms with E-state index in [4.69, 9.17) is 0 Å². The summed E-state index contributed by atoms with van der Waals surface area (Å²) >= 11 is 0. The molecule has 24 heavy (non-hydrogen) atoms. The van der Waals surface area contributed by atoms with Crippen molar-refractivity contribution >= 4 is 16.0 Å². The minimum atomic E-state index is -3.87. The molecule has 1 unspecified atom stereocenters. The number of aliphatic carboxylic acids is 1. The molecule has 5 nitrogen and oxygen atoms in total. The maximum atomic E-state index is 12.7. The zero-order valence-electron chi connectivity index (χ0n) is 13.9. The van der Waals surface area contributed by atoms with Gasteiger partial charge in [0, 0.05) is 7.05 Å². The third-order valence-corrected chi connectivity index (χ3v) is 5.94. The third kappa shape index (κ3) is 3.83. The second kappa shape index (κ2) is 7.15. The molecule has 0 saturated heterocycles. The Kier molecular flexibility index (Phi) is 5.41. The zero-order valence-corrected chi connectivity index (χ0v) is 14.7. The highest BCUT2D eigenvalue weighted by Crippen LogP contribution is 2.20. The molecule has 0 heterocycles. The minimum absolute atomic E-state index is 0.0828. The normalized spacial score (nSPS) is 13.0. The van der Waals surface area contributed by atoms with E-state index >= 15 is 0 Å². The minimum Gasteiger partial charge on any atom is -0.480 e. The smallest absolute Gasteiger partial charge is 0.322 e. The number of hydrogen-bond donors (Lipinski definition) is 1. The summed E-state index contributed by atoms with van der Waals surface area (Å²) in [6, 6.07) is 12.4. The third-order valence-electron chi connectivity index (χ3n) is 4.06. The Hall–Kier alpha value is -2.18. The first-order chi connectivity index (χ1) is 11.2. The van der Waals surface area contributed by atoms with Crippen LogP contribution in [-0.4, -0.2) is 36.9 Å². The van der Waals surface area contributed by atoms with E-state index in [1.807, 2.05) is 32.0 Å². The van der Waals surface area contributed by atoms with Gasteiger partial charge in [-0.05, 0) is 43.5 Å². The summed E-state index contributed by atoms with van der Waals surface area (Å²) in [5.74, 6) is -1.17. The number of nitrogens with zero attached hydrogens (tertiary/aromatic N) is 1. The van der Waals surface area contributed by atoms with E-state index in [0.29, 0.717) is 0 Å². The molecular weight excluding hydrogens is 326 g/mol. The molecule has 0 saturated carbocycles. The van der Waals surface area contributed by atoms with Crippen molar-refractivity contribution in [2.45, 2.75) is 31.2 Å². The van der Waals surface area contributed by atoms with Gasteiger partial charge in [-0.25, -0.2) is 8.42 Å². The van der Waals surface area contributed by atoms with Gasteiger partial charge in [-0.1, -0.05) is 42.0 Å². The number of hydrogen-bond acceptors (Lipinski definition) is 3. The van der Waals surface area contributed by atoms with Crippen LogP contribution in [0.3, 0.4) is 0 Å². The number of sulfonamides is 1. The van der Waals surface area contributed by atoms with Gasteiger partial charge >= 0.3 is 5.97 Å². The molecule has 0 aromatic heterocycles. The first-order valence-corrected chi connectivity index (χ1v) is 8.99. The predicted molar refractivity (Wildman–Crippen MR) is 92.4 cm³/mol. The van der Waals surface area contributed by atoms with E-state index in [1.54, 1.807) is 18.2 Å². The van der Waals surface area contributed by atoms with Crippen molar-refractivity contribution in [1.82, 2.24) is 4.31 Å². The summed E-state index contributed by atoms with van der Waals surface area (Å²) < 4.78 is 26.3. The molecule has 0 aliphatic carbocycles. The monoisotopic (exact) mass is 347 g/mol. The van der Waals surface area contributed by atoms with Gasteiger partial charge in [0.2, 0.25) is 10.0 Å². The second-order valence-corrected chi connectivity index (χ2v) is 7.82. The quantitative estimate of drug-likeness (QED) is 0.872. The van der Waals surface area contributed by atoms with Gasteiger partial charge in [-0.15, -0.1) is 0 Å². The number of aryl methyl sites for hydroxylation is 2. The van der Waals surface area contributed by atoms with E-state index in [0.717, 1.165) is 21.0 Å². The molecule has 6 heteroatoms. The lowest BCUT2D eigenvalue weighted by Gasteiger charge is -2.25. The molecular formula is C18H21NO4S. The lowest BCUT2D eigenvalue weighted by atomic mass is 9.99. The maximum absolute atomic E-state index is 12.7. The Morgan fingerprint density at radius 1 is 1.12 bits per heavy atom. The number of benzene rings is 2. The summed E-state index contributed by atoms with van der Waals surface area (Å²) in [4.78, 5) is 11.8. The topological polar surface area (TPSA) is 74.7 Å². The molecule has 2 rings (SSSR count). The van der Waals surface area contributed by atoms with E-state index in [1.165, 1.54) is 19.2 Å². The SMILES string of the molecule is Cc1ccc(CC(C(=O)O)N(C)S(=O)(=O)c2ccccc2)c(C)c1. The molecule has 0 radical (unpaired) electrons. The van der Waals surface area contributed by atoms with Crippen molar-refractivity contribution in [3.63, 3.8) is 0 Å². The van der Waals surface area contributed by atoms with E-state index in [-0.39, 0.29) is 11.3 Å². The van der Waals surface area contributed by atoms with Crippen LogP contribution in [0.5, 0.6) is 0 Å². The van der Waals surface area contributed by atoms with Gasteiger partial charge in [0.05, 0.1) is 4.90 Å². The fourth-order valence-electron chi connectivity index (χ4n) is 2.58. The molecule has 0 spiro atoms. The number of rotatable bonds is 6. The summed E-state index contributed by atoms with van der Waals surface area (Å²) in [5, 5.41) is 9.55. The standard InChI is InChI=1S/C18H21NO4S/c1-13-9-10-15(14(2)11-13)12-17(18(20)21)19(3)24(22,23)16-7-5-4-6-8-16/h4-11,17H,12H2,1-3H3,(H,20,21). The van der Waals surface area contributed by atoms with Gasteiger partial charge in [0.25, 0.3) is 0 Å². The fourth-order valence-corrected chi connectivity index (χ4v) is 3.91. The van der Waals surface area contributed by atoms with Crippen molar-refractivity contribution in [3.8, 4) is 0 Å². The predicted octanol–water partition coefficient (Wildman–Crippen LogP) is 2.62. The molecule has 0 fully saturated rings. The van der Waals surface area contributed by atoms with Gasteiger partial charge in [0.1, 0.15) is 6.04 Å². The highest BCUT2D eigenvalue weighted by Gasteiger charge is 2.33. The van der Waals surface area contributed by atoms with Gasteiger partial charge in [0.15, 0.2) is 0 Å². The van der Waals surface area contributed by atoms with E-state index in [9.17, 15) is 18.3 Å². The number of likely N-dealkylation sites (N-methyl/N-ethyl adjacent to an activating group) is 1. The average molecular weight is 347 g/mol. The fraction of sp³-hybridized carbons (Fsp3) is 0.278. The Bertz CT molecular complexity index is 831. The van der Waals surface area contributed by atoms with Gasteiger partial charge in [-0.3, -0.25) is 4.79 Å². The van der Waals surface area contributed by atoms with Crippen LogP contribution in [0.1, 0.15) is 16.7 Å². The Morgan fingerprint density at radius 2 is 1.75 bits per heavy atom. The summed E-state index contributed by atoms with van der Waals surface area (Å²) in [6.45, 7) is 3.85. The van der Waals surface area contributed by atoms with E-state index < -0.39 is 22.0 Å². The van der Waals surface area contributed by atoms with Crippen LogP contribution in [0, 0.1) is 13.8 Å². The second-order valence-electron chi connectivity index (χ2n) is 5.82. The largest absolute Gasteiger partial charge is 0.480 e. The van der Waals surface area contributed by atoms with E-state index in [2.05, 4.69) is 0 Å². The molecule has 2 aromatic carbocycles. The van der Waals surface area contributed by atoms with Gasteiger partial charge in [-0.2, -0.15) is 4.31 Å². The molecule has 128 valence electrons. The van der Waals surface area contributed by atoms with Crippen molar-refractivity contribution in [1.29, 1.82) is 0 Å². The molecule has 0 aliphatic rings. The maximum Gasteiger partial charge on any atom is 0.322 e. The van der Waals surface area contributed by atoms with Crippen LogP contribution in [0.25, 0.3) is 0 Å². The molecule has 1 N–H and O–H groups in total. The van der Waals surface area contributed by atoms with Crippen molar-refractivity contribution in [3.05, 3.63) is 65.2 Å². The van der Waals surface area contributed by atoms with Crippen LogP contribution < -0.4 is 0 Å². The number of carboxylic acid groups (broad SMARTS) is 1. The summed E-state index contributed by atoms with van der Waals surface area (Å²) in [7, 11) is -2.56. The lowest BCUT2D eigenvalue weighted by Crippen LogP contribution is -2.43. The molecule has 1 atom stereocenters. The van der Waals surface area contributed by atoms with Gasteiger partial charge < -0.3 is 5.11 Å². The van der Waals surface area contributed by atoms with Crippen molar-refractivity contribution < 1.29 is 18.3 Å². The summed E-state index contributed by atoms with van der Waals surface area (Å²) in [5.41, 5.74) is 2.85. The van der Waals surface area contributed by atoms with Crippen LogP contribution in [0.2, 0.25) is 0 Å². The Labute approximate surface area is 142 Å². The Balaban J connectivity index is 2.35. The molecule has 0 bridgehead atoms. The Morgan fingerprint density at radius 3 is 2.29 bits per heavy atom. The van der Waals surface area contributed by atoms with Crippen molar-refractivity contribution in [2.24, 2.45) is 0 Å². The molecule has 0 amide bonds. The lowest BCUT2D eigenvalue weighted by molar-refractivity contribution is -0.141. The van der Waals surface area contributed by atoms with Crippen LogP contribution in [0.15, 0.2) is 53.4 Å².